The molecule has 1 heterocycles. The Labute approximate surface area is 150 Å². The molecule has 0 spiro atoms. The summed E-state index contributed by atoms with van der Waals surface area (Å²) in [6.45, 7) is 3.67. The smallest absolute Gasteiger partial charge is 0.261 e. The van der Waals surface area contributed by atoms with Gasteiger partial charge in [-0.15, -0.1) is 0 Å². The van der Waals surface area contributed by atoms with Crippen LogP contribution in [0.25, 0.3) is 5.69 Å². The van der Waals surface area contributed by atoms with Crippen LogP contribution >= 0.6 is 11.6 Å². The molecule has 0 saturated heterocycles. The minimum absolute atomic E-state index is 0.0108. The second-order valence-corrected chi connectivity index (χ2v) is 7.56. The van der Waals surface area contributed by atoms with Crippen molar-refractivity contribution < 1.29 is 12.8 Å². The molecule has 0 aliphatic rings. The van der Waals surface area contributed by atoms with E-state index in [0.717, 1.165) is 29.2 Å². The van der Waals surface area contributed by atoms with Crippen molar-refractivity contribution in [2.45, 2.75) is 18.7 Å². The Balaban J connectivity index is 1.85. The van der Waals surface area contributed by atoms with Crippen LogP contribution in [0.15, 0.2) is 53.4 Å². The van der Waals surface area contributed by atoms with Crippen molar-refractivity contribution in [3.8, 4) is 5.69 Å². The van der Waals surface area contributed by atoms with E-state index in [1.807, 2.05) is 13.8 Å². The number of hydrogen-bond acceptors (Lipinski definition) is 3. The van der Waals surface area contributed by atoms with Gasteiger partial charge in [-0.05, 0) is 62.4 Å². The van der Waals surface area contributed by atoms with Gasteiger partial charge in [0.2, 0.25) is 0 Å². The molecule has 0 fully saturated rings. The molecule has 0 unspecified atom stereocenters. The van der Waals surface area contributed by atoms with E-state index >= 15 is 0 Å². The molecule has 0 aliphatic heterocycles. The third-order valence-corrected chi connectivity index (χ3v) is 5.64. The van der Waals surface area contributed by atoms with Crippen LogP contribution in [-0.2, 0) is 10.0 Å². The second-order valence-electron chi connectivity index (χ2n) is 5.50. The number of nitrogens with one attached hydrogen (secondary N) is 1. The van der Waals surface area contributed by atoms with E-state index in [-0.39, 0.29) is 4.90 Å². The van der Waals surface area contributed by atoms with E-state index in [0.29, 0.717) is 10.7 Å². The van der Waals surface area contributed by atoms with Crippen LogP contribution in [0.5, 0.6) is 0 Å². The molecule has 5 nitrogen and oxygen atoms in total. The summed E-state index contributed by atoms with van der Waals surface area (Å²) >= 11 is 6.14. The molecule has 2 aromatic carbocycles. The summed E-state index contributed by atoms with van der Waals surface area (Å²) in [6.07, 6.45) is 0. The molecule has 8 heteroatoms. The molecular formula is C17H15ClFN3O2S. The Kier molecular flexibility index (Phi) is 4.53. The highest BCUT2D eigenvalue weighted by Crippen LogP contribution is 2.24. The third-order valence-electron chi connectivity index (χ3n) is 3.69. The lowest BCUT2D eigenvalue weighted by molar-refractivity contribution is 0.599. The van der Waals surface area contributed by atoms with Crippen LogP contribution in [0.3, 0.4) is 0 Å². The number of rotatable bonds is 4. The first-order valence-corrected chi connectivity index (χ1v) is 9.24. The Hall–Kier alpha value is -2.38. The predicted octanol–water partition coefficient (Wildman–Crippen LogP) is 4.08. The minimum atomic E-state index is -3.78. The van der Waals surface area contributed by atoms with Gasteiger partial charge in [0.15, 0.2) is 0 Å². The van der Waals surface area contributed by atoms with E-state index in [9.17, 15) is 12.8 Å². The highest BCUT2D eigenvalue weighted by molar-refractivity contribution is 7.92. The zero-order valence-electron chi connectivity index (χ0n) is 13.5. The van der Waals surface area contributed by atoms with Crippen molar-refractivity contribution in [3.05, 3.63) is 70.8 Å². The summed E-state index contributed by atoms with van der Waals surface area (Å²) in [6, 6.07) is 11.3. The number of anilines is 1. The number of sulfonamides is 1. The van der Waals surface area contributed by atoms with Gasteiger partial charge in [-0.3, -0.25) is 4.72 Å². The van der Waals surface area contributed by atoms with Gasteiger partial charge in [0, 0.05) is 5.69 Å². The molecule has 3 aromatic rings. The van der Waals surface area contributed by atoms with Gasteiger partial charge in [-0.2, -0.15) is 5.10 Å². The van der Waals surface area contributed by atoms with Gasteiger partial charge in [0.1, 0.15) is 5.82 Å². The van der Waals surface area contributed by atoms with Crippen LogP contribution < -0.4 is 4.72 Å². The van der Waals surface area contributed by atoms with E-state index in [2.05, 4.69) is 9.82 Å². The maximum atomic E-state index is 12.9. The fourth-order valence-electron chi connectivity index (χ4n) is 2.37. The van der Waals surface area contributed by atoms with Crippen LogP contribution in [0, 0.1) is 19.7 Å². The van der Waals surface area contributed by atoms with Gasteiger partial charge >= 0.3 is 0 Å². The molecule has 0 aliphatic carbocycles. The second kappa shape index (κ2) is 6.50. The zero-order chi connectivity index (χ0) is 18.2. The fourth-order valence-corrected chi connectivity index (χ4v) is 3.55. The number of nitrogens with zero attached hydrogens (tertiary/aromatic N) is 2. The molecule has 0 atom stereocenters. The summed E-state index contributed by atoms with van der Waals surface area (Å²) < 4.78 is 41.7. The molecule has 3 rings (SSSR count). The third kappa shape index (κ3) is 3.52. The number of aryl methyl sites for hydroxylation is 1. The maximum Gasteiger partial charge on any atom is 0.261 e. The molecule has 25 heavy (non-hydrogen) atoms. The Morgan fingerprint density at radius 3 is 2.16 bits per heavy atom. The molecule has 1 aromatic heterocycles. The molecule has 0 bridgehead atoms. The van der Waals surface area contributed by atoms with Crippen molar-refractivity contribution in [2.75, 3.05) is 4.72 Å². The van der Waals surface area contributed by atoms with Crippen molar-refractivity contribution >= 4 is 27.3 Å². The van der Waals surface area contributed by atoms with Crippen LogP contribution in [0.4, 0.5) is 10.1 Å². The molecule has 0 amide bonds. The first-order valence-electron chi connectivity index (χ1n) is 7.38. The minimum Gasteiger partial charge on any atom is -0.280 e. The zero-order valence-corrected chi connectivity index (χ0v) is 15.1. The molecule has 130 valence electrons. The monoisotopic (exact) mass is 379 g/mol. The van der Waals surface area contributed by atoms with Crippen LogP contribution in [0.1, 0.15) is 11.4 Å². The summed E-state index contributed by atoms with van der Waals surface area (Å²) in [7, 11) is -3.78. The maximum absolute atomic E-state index is 12.9. The summed E-state index contributed by atoms with van der Waals surface area (Å²) in [5.41, 5.74) is 2.68. The first-order chi connectivity index (χ1) is 11.8. The van der Waals surface area contributed by atoms with Crippen LogP contribution in [-0.4, -0.2) is 18.2 Å². The van der Waals surface area contributed by atoms with Crippen LogP contribution in [0.2, 0.25) is 5.02 Å². The van der Waals surface area contributed by atoms with Gasteiger partial charge in [-0.1, -0.05) is 11.6 Å². The van der Waals surface area contributed by atoms with Crippen molar-refractivity contribution in [1.29, 1.82) is 0 Å². The average molecular weight is 380 g/mol. The Bertz CT molecular complexity index is 1010. The molecule has 1 N–H and O–H groups in total. The quantitative estimate of drug-likeness (QED) is 0.742. The number of halogens is 2. The van der Waals surface area contributed by atoms with E-state index in [1.165, 1.54) is 12.1 Å². The Morgan fingerprint density at radius 1 is 1.04 bits per heavy atom. The molecule has 0 saturated carbocycles. The van der Waals surface area contributed by atoms with Crippen molar-refractivity contribution in [3.63, 3.8) is 0 Å². The van der Waals surface area contributed by atoms with E-state index in [4.69, 9.17) is 11.6 Å². The number of benzene rings is 2. The van der Waals surface area contributed by atoms with Crippen molar-refractivity contribution in [2.24, 2.45) is 0 Å². The lowest BCUT2D eigenvalue weighted by Gasteiger charge is -2.10. The molecule has 0 radical (unpaired) electrons. The largest absolute Gasteiger partial charge is 0.280 e. The van der Waals surface area contributed by atoms with Gasteiger partial charge in [-0.25, -0.2) is 17.5 Å². The highest BCUT2D eigenvalue weighted by atomic mass is 35.5. The SMILES string of the molecule is Cc1nn(-c2ccc(NS(=O)(=O)c3ccc(F)cc3)cc2)c(C)c1Cl. The number of aromatic nitrogens is 2. The normalized spacial score (nSPS) is 11.5. The highest BCUT2D eigenvalue weighted by Gasteiger charge is 2.15. The Morgan fingerprint density at radius 2 is 1.64 bits per heavy atom. The topological polar surface area (TPSA) is 64.0 Å². The van der Waals surface area contributed by atoms with E-state index < -0.39 is 15.8 Å². The van der Waals surface area contributed by atoms with Gasteiger partial charge in [0.25, 0.3) is 10.0 Å². The number of hydrogen-bond donors (Lipinski definition) is 1. The standard InChI is InChI=1S/C17H15ClFN3O2S/c1-11-17(18)12(2)22(20-11)15-7-5-14(6-8-15)21-25(23,24)16-9-3-13(19)4-10-16/h3-10,21H,1-2H3. The van der Waals surface area contributed by atoms with Gasteiger partial charge in [0.05, 0.1) is 27.0 Å². The summed E-state index contributed by atoms with van der Waals surface area (Å²) in [5.74, 6) is -0.494. The lowest BCUT2D eigenvalue weighted by atomic mass is 10.3. The summed E-state index contributed by atoms with van der Waals surface area (Å²) in [4.78, 5) is -0.0108. The van der Waals surface area contributed by atoms with Gasteiger partial charge < -0.3 is 0 Å². The summed E-state index contributed by atoms with van der Waals surface area (Å²) in [5, 5.41) is 4.95. The fraction of sp³-hybridized carbons (Fsp3) is 0.118. The molecular weight excluding hydrogens is 365 g/mol. The van der Waals surface area contributed by atoms with E-state index in [1.54, 1.807) is 28.9 Å². The first kappa shape index (κ1) is 17.4. The predicted molar refractivity (Wildman–Crippen MR) is 95.3 cm³/mol. The average Bonchev–Trinajstić information content (AvgIpc) is 2.83. The lowest BCUT2D eigenvalue weighted by Crippen LogP contribution is -2.13. The van der Waals surface area contributed by atoms with Crippen molar-refractivity contribution in [1.82, 2.24) is 9.78 Å².